The topological polar surface area (TPSA) is 21.3 Å². The summed E-state index contributed by atoms with van der Waals surface area (Å²) in [5.74, 6) is 0. The van der Waals surface area contributed by atoms with Crippen LogP contribution in [-0.2, 0) is 11.3 Å². The summed E-state index contributed by atoms with van der Waals surface area (Å²) in [5, 5.41) is 3.42. The molecule has 0 radical (unpaired) electrons. The van der Waals surface area contributed by atoms with Crippen LogP contribution in [-0.4, -0.2) is 19.8 Å². The van der Waals surface area contributed by atoms with Crippen molar-refractivity contribution in [2.24, 2.45) is 0 Å². The number of hydrogen-bond acceptors (Lipinski definition) is 3. The van der Waals surface area contributed by atoms with Crippen molar-refractivity contribution in [1.29, 1.82) is 0 Å². The molecule has 17 heavy (non-hydrogen) atoms. The lowest BCUT2D eigenvalue weighted by Crippen LogP contribution is -2.15. The van der Waals surface area contributed by atoms with Crippen molar-refractivity contribution >= 4 is 43.2 Å². The SMILES string of the molecule is CCCCOCCCNCc1cc(Br)c(Br)s1. The fourth-order valence-corrected chi connectivity index (χ4v) is 3.48. The lowest BCUT2D eigenvalue weighted by atomic mass is 10.3. The van der Waals surface area contributed by atoms with Crippen LogP contribution in [0.2, 0.25) is 0 Å². The molecular weight excluding hydrogens is 366 g/mol. The maximum Gasteiger partial charge on any atom is 0.0843 e. The molecule has 0 amide bonds. The predicted octanol–water partition coefficient (Wildman–Crippen LogP) is 4.57. The third-order valence-electron chi connectivity index (χ3n) is 2.28. The Bertz CT molecular complexity index is 298. The third kappa shape index (κ3) is 6.91. The normalized spacial score (nSPS) is 11.0. The van der Waals surface area contributed by atoms with Gasteiger partial charge in [0.15, 0.2) is 0 Å². The van der Waals surface area contributed by atoms with Gasteiger partial charge in [-0.25, -0.2) is 0 Å². The Morgan fingerprint density at radius 3 is 2.71 bits per heavy atom. The molecule has 1 aromatic rings. The number of rotatable bonds is 9. The van der Waals surface area contributed by atoms with Gasteiger partial charge in [0.1, 0.15) is 0 Å². The minimum Gasteiger partial charge on any atom is -0.381 e. The van der Waals surface area contributed by atoms with Gasteiger partial charge in [-0.05, 0) is 57.3 Å². The summed E-state index contributed by atoms with van der Waals surface area (Å²) in [6, 6.07) is 2.15. The van der Waals surface area contributed by atoms with Crippen molar-refractivity contribution in [3.63, 3.8) is 0 Å². The summed E-state index contributed by atoms with van der Waals surface area (Å²) < 4.78 is 7.80. The van der Waals surface area contributed by atoms with E-state index < -0.39 is 0 Å². The summed E-state index contributed by atoms with van der Waals surface area (Å²) >= 11 is 8.75. The molecule has 0 atom stereocenters. The van der Waals surface area contributed by atoms with Gasteiger partial charge in [0.25, 0.3) is 0 Å². The van der Waals surface area contributed by atoms with Gasteiger partial charge in [-0.2, -0.15) is 0 Å². The Kier molecular flexibility index (Phi) is 8.74. The zero-order chi connectivity index (χ0) is 12.5. The maximum absolute atomic E-state index is 5.50. The van der Waals surface area contributed by atoms with Gasteiger partial charge in [0.2, 0.25) is 0 Å². The van der Waals surface area contributed by atoms with E-state index in [4.69, 9.17) is 4.74 Å². The van der Waals surface area contributed by atoms with E-state index in [-0.39, 0.29) is 0 Å². The van der Waals surface area contributed by atoms with Crippen LogP contribution in [0.4, 0.5) is 0 Å². The van der Waals surface area contributed by atoms with Crippen molar-refractivity contribution in [3.05, 3.63) is 19.2 Å². The largest absolute Gasteiger partial charge is 0.381 e. The average Bonchev–Trinajstić information content (AvgIpc) is 2.62. The first-order valence-electron chi connectivity index (χ1n) is 5.96. The van der Waals surface area contributed by atoms with Crippen LogP contribution in [0.15, 0.2) is 14.3 Å². The molecule has 1 heterocycles. The van der Waals surface area contributed by atoms with E-state index in [1.165, 1.54) is 17.7 Å². The van der Waals surface area contributed by atoms with E-state index in [1.54, 1.807) is 11.3 Å². The molecule has 0 aliphatic heterocycles. The number of ether oxygens (including phenoxy) is 1. The molecule has 1 rings (SSSR count). The molecule has 1 N–H and O–H groups in total. The van der Waals surface area contributed by atoms with Crippen LogP contribution >= 0.6 is 43.2 Å². The molecule has 0 aromatic carbocycles. The Balaban J connectivity index is 1.97. The minimum atomic E-state index is 0.866. The van der Waals surface area contributed by atoms with Gasteiger partial charge in [-0.3, -0.25) is 0 Å². The van der Waals surface area contributed by atoms with E-state index in [2.05, 4.69) is 50.2 Å². The van der Waals surface area contributed by atoms with Crippen molar-refractivity contribution in [1.82, 2.24) is 5.32 Å². The third-order valence-corrected chi connectivity index (χ3v) is 5.54. The van der Waals surface area contributed by atoms with Gasteiger partial charge in [0.05, 0.1) is 3.79 Å². The van der Waals surface area contributed by atoms with Gasteiger partial charge in [-0.15, -0.1) is 11.3 Å². The maximum atomic E-state index is 5.50. The Morgan fingerprint density at radius 2 is 2.06 bits per heavy atom. The summed E-state index contributed by atoms with van der Waals surface area (Å²) in [6.45, 7) is 5.90. The average molecular weight is 385 g/mol. The Labute approximate surface area is 124 Å². The van der Waals surface area contributed by atoms with Gasteiger partial charge >= 0.3 is 0 Å². The molecule has 0 spiro atoms. The number of thiophene rings is 1. The summed E-state index contributed by atoms with van der Waals surface area (Å²) in [6.07, 6.45) is 3.46. The molecular formula is C12H19Br2NOS. The second-order valence-corrected chi connectivity index (χ2v) is 7.14. The van der Waals surface area contributed by atoms with Crippen molar-refractivity contribution in [2.75, 3.05) is 19.8 Å². The second kappa shape index (κ2) is 9.50. The van der Waals surface area contributed by atoms with Gasteiger partial charge in [0, 0.05) is 29.1 Å². The van der Waals surface area contributed by atoms with Crippen LogP contribution in [0.25, 0.3) is 0 Å². The molecule has 0 unspecified atom stereocenters. The standard InChI is InChI=1S/C12H19Br2NOS/c1-2-3-6-16-7-4-5-15-9-10-8-11(13)12(14)17-10/h8,15H,2-7,9H2,1H3. The highest BCUT2D eigenvalue weighted by Gasteiger charge is 2.02. The van der Waals surface area contributed by atoms with Gasteiger partial charge < -0.3 is 10.1 Å². The number of halogens is 2. The van der Waals surface area contributed by atoms with E-state index >= 15 is 0 Å². The van der Waals surface area contributed by atoms with Crippen LogP contribution in [0, 0.1) is 0 Å². The molecule has 0 fully saturated rings. The summed E-state index contributed by atoms with van der Waals surface area (Å²) in [7, 11) is 0. The molecule has 1 aromatic heterocycles. The second-order valence-electron chi connectivity index (χ2n) is 3.83. The predicted molar refractivity (Wildman–Crippen MR) is 81.8 cm³/mol. The fourth-order valence-electron chi connectivity index (χ4n) is 1.34. The lowest BCUT2D eigenvalue weighted by molar-refractivity contribution is 0.129. The van der Waals surface area contributed by atoms with Crippen LogP contribution in [0.3, 0.4) is 0 Å². The van der Waals surface area contributed by atoms with E-state index in [0.29, 0.717) is 0 Å². The molecule has 0 saturated heterocycles. The Hall–Kier alpha value is 0.580. The smallest absolute Gasteiger partial charge is 0.0843 e. The number of hydrogen-bond donors (Lipinski definition) is 1. The van der Waals surface area contributed by atoms with Crippen LogP contribution in [0.5, 0.6) is 0 Å². The van der Waals surface area contributed by atoms with E-state index in [1.807, 2.05) is 0 Å². The molecule has 98 valence electrons. The Morgan fingerprint density at radius 1 is 1.29 bits per heavy atom. The minimum absolute atomic E-state index is 0.866. The van der Waals surface area contributed by atoms with Crippen LogP contribution in [0.1, 0.15) is 31.1 Å². The zero-order valence-corrected chi connectivity index (χ0v) is 14.1. The highest BCUT2D eigenvalue weighted by atomic mass is 79.9. The van der Waals surface area contributed by atoms with Gasteiger partial charge in [-0.1, -0.05) is 13.3 Å². The summed E-state index contributed by atoms with van der Waals surface area (Å²) in [5.41, 5.74) is 0. The first-order valence-corrected chi connectivity index (χ1v) is 8.36. The highest BCUT2D eigenvalue weighted by molar-refractivity contribution is 9.13. The highest BCUT2D eigenvalue weighted by Crippen LogP contribution is 2.32. The molecule has 0 saturated carbocycles. The lowest BCUT2D eigenvalue weighted by Gasteiger charge is -2.04. The molecule has 5 heteroatoms. The number of nitrogens with one attached hydrogen (secondary N) is 1. The first-order chi connectivity index (χ1) is 8.24. The van der Waals surface area contributed by atoms with E-state index in [9.17, 15) is 0 Å². The summed E-state index contributed by atoms with van der Waals surface area (Å²) in [4.78, 5) is 1.34. The zero-order valence-electron chi connectivity index (χ0n) is 10.1. The fraction of sp³-hybridized carbons (Fsp3) is 0.667. The monoisotopic (exact) mass is 383 g/mol. The molecule has 0 aliphatic carbocycles. The van der Waals surface area contributed by atoms with Crippen molar-refractivity contribution in [2.45, 2.75) is 32.7 Å². The van der Waals surface area contributed by atoms with Crippen LogP contribution < -0.4 is 5.32 Å². The quantitative estimate of drug-likeness (QED) is 0.629. The van der Waals surface area contributed by atoms with E-state index in [0.717, 1.165) is 41.0 Å². The number of unbranched alkanes of at least 4 members (excludes halogenated alkanes) is 1. The molecule has 0 bridgehead atoms. The molecule has 0 aliphatic rings. The molecule has 2 nitrogen and oxygen atoms in total. The van der Waals surface area contributed by atoms with Crippen molar-refractivity contribution < 1.29 is 4.74 Å². The van der Waals surface area contributed by atoms with Crippen molar-refractivity contribution in [3.8, 4) is 0 Å². The first kappa shape index (κ1) is 15.6.